The maximum absolute atomic E-state index is 5.73. The highest BCUT2D eigenvalue weighted by Crippen LogP contribution is 2.36. The Bertz CT molecular complexity index is 351. The van der Waals surface area contributed by atoms with Gasteiger partial charge in [-0.3, -0.25) is 0 Å². The summed E-state index contributed by atoms with van der Waals surface area (Å²) < 4.78 is 0.988. The Morgan fingerprint density at radius 3 is 2.87 bits per heavy atom. The zero-order valence-corrected chi connectivity index (χ0v) is 10.5. The molecule has 0 aromatic heterocycles. The van der Waals surface area contributed by atoms with Crippen LogP contribution in [0.1, 0.15) is 18.9 Å². The fourth-order valence-corrected chi connectivity index (χ4v) is 2.19. The van der Waals surface area contributed by atoms with E-state index in [0.29, 0.717) is 0 Å². The van der Waals surface area contributed by atoms with Gasteiger partial charge in [0.15, 0.2) is 0 Å². The number of nitrogens with two attached hydrogens (primary N) is 1. The smallest absolute Gasteiger partial charge is 0.0458 e. The molecule has 2 unspecified atom stereocenters. The van der Waals surface area contributed by atoms with Crippen LogP contribution in [-0.4, -0.2) is 6.54 Å². The van der Waals surface area contributed by atoms with Gasteiger partial charge >= 0.3 is 0 Å². The Morgan fingerprint density at radius 1 is 1.53 bits per heavy atom. The quantitative estimate of drug-likeness (QED) is 0.825. The second-order valence-electron chi connectivity index (χ2n) is 4.46. The number of halogens is 1. The molecule has 1 saturated carbocycles. The molecule has 1 fully saturated rings. The summed E-state index contributed by atoms with van der Waals surface area (Å²) in [5.74, 6) is 1.83. The zero-order chi connectivity index (χ0) is 10.8. The van der Waals surface area contributed by atoms with Crippen LogP contribution in [0.3, 0.4) is 0 Å². The van der Waals surface area contributed by atoms with Crippen LogP contribution in [0.2, 0.25) is 0 Å². The van der Waals surface area contributed by atoms with E-state index in [1.54, 1.807) is 0 Å². The van der Waals surface area contributed by atoms with Crippen LogP contribution in [-0.2, 0) is 6.54 Å². The fraction of sp³-hybridized carbons (Fsp3) is 0.500. The summed E-state index contributed by atoms with van der Waals surface area (Å²) in [4.78, 5) is 0. The van der Waals surface area contributed by atoms with Crippen molar-refractivity contribution >= 4 is 21.6 Å². The lowest BCUT2D eigenvalue weighted by Crippen LogP contribution is -2.16. The minimum absolute atomic E-state index is 0.801. The van der Waals surface area contributed by atoms with E-state index in [0.717, 1.165) is 35.1 Å². The predicted octanol–water partition coefficient (Wildman–Crippen LogP) is 2.78. The third-order valence-corrected chi connectivity index (χ3v) is 3.76. The van der Waals surface area contributed by atoms with Gasteiger partial charge in [-0.25, -0.2) is 0 Å². The van der Waals surface area contributed by atoms with Crippen molar-refractivity contribution in [2.45, 2.75) is 19.9 Å². The molecule has 1 aromatic carbocycles. The summed E-state index contributed by atoms with van der Waals surface area (Å²) in [6.45, 7) is 4.39. The van der Waals surface area contributed by atoms with Gasteiger partial charge in [-0.1, -0.05) is 13.0 Å². The molecule has 1 aliphatic rings. The summed E-state index contributed by atoms with van der Waals surface area (Å²) in [6, 6.07) is 6.10. The van der Waals surface area contributed by atoms with Gasteiger partial charge in [0.1, 0.15) is 0 Å². The van der Waals surface area contributed by atoms with E-state index < -0.39 is 0 Å². The van der Waals surface area contributed by atoms with E-state index >= 15 is 0 Å². The SMILES string of the molecule is CC1CC1CNCc1ccc(N)c(Br)c1. The maximum Gasteiger partial charge on any atom is 0.0458 e. The largest absolute Gasteiger partial charge is 0.398 e. The van der Waals surface area contributed by atoms with Gasteiger partial charge in [0.05, 0.1) is 0 Å². The molecular weight excluding hydrogens is 252 g/mol. The Hall–Kier alpha value is -0.540. The molecule has 3 N–H and O–H groups in total. The van der Waals surface area contributed by atoms with Crippen molar-refractivity contribution in [2.75, 3.05) is 12.3 Å². The first-order chi connectivity index (χ1) is 7.16. The number of hydrogen-bond donors (Lipinski definition) is 2. The first-order valence-electron chi connectivity index (χ1n) is 5.41. The van der Waals surface area contributed by atoms with Crippen LogP contribution in [0.5, 0.6) is 0 Å². The van der Waals surface area contributed by atoms with Crippen molar-refractivity contribution in [1.82, 2.24) is 5.32 Å². The molecule has 2 rings (SSSR count). The van der Waals surface area contributed by atoms with Crippen LogP contribution in [0.25, 0.3) is 0 Å². The van der Waals surface area contributed by atoms with Crippen LogP contribution in [0.15, 0.2) is 22.7 Å². The number of nitrogens with one attached hydrogen (secondary N) is 1. The average Bonchev–Trinajstić information content (AvgIpc) is 2.88. The van der Waals surface area contributed by atoms with Gasteiger partial charge in [0.2, 0.25) is 0 Å². The van der Waals surface area contributed by atoms with Crippen LogP contribution in [0, 0.1) is 11.8 Å². The molecule has 0 radical (unpaired) electrons. The molecule has 2 nitrogen and oxygen atoms in total. The monoisotopic (exact) mass is 268 g/mol. The van der Waals surface area contributed by atoms with E-state index in [-0.39, 0.29) is 0 Å². The molecule has 3 heteroatoms. The summed E-state index contributed by atoms with van der Waals surface area (Å²) in [5.41, 5.74) is 7.81. The average molecular weight is 269 g/mol. The molecule has 2 atom stereocenters. The van der Waals surface area contributed by atoms with Crippen molar-refractivity contribution in [2.24, 2.45) is 11.8 Å². The highest BCUT2D eigenvalue weighted by atomic mass is 79.9. The van der Waals surface area contributed by atoms with Gasteiger partial charge in [-0.2, -0.15) is 0 Å². The molecule has 0 aliphatic heterocycles. The van der Waals surface area contributed by atoms with Crippen molar-refractivity contribution in [1.29, 1.82) is 0 Å². The number of anilines is 1. The van der Waals surface area contributed by atoms with E-state index in [1.165, 1.54) is 12.0 Å². The minimum Gasteiger partial charge on any atom is -0.398 e. The van der Waals surface area contributed by atoms with Crippen molar-refractivity contribution < 1.29 is 0 Å². The molecule has 0 saturated heterocycles. The normalized spacial score (nSPS) is 24.1. The van der Waals surface area contributed by atoms with Gasteiger partial charge in [0, 0.05) is 16.7 Å². The summed E-state index contributed by atoms with van der Waals surface area (Å²) in [5, 5.41) is 3.48. The number of hydrogen-bond acceptors (Lipinski definition) is 2. The lowest BCUT2D eigenvalue weighted by atomic mass is 10.2. The number of rotatable bonds is 4. The van der Waals surface area contributed by atoms with Crippen LogP contribution < -0.4 is 11.1 Å². The van der Waals surface area contributed by atoms with Crippen molar-refractivity contribution in [3.05, 3.63) is 28.2 Å². The van der Waals surface area contributed by atoms with E-state index in [1.807, 2.05) is 6.07 Å². The number of benzene rings is 1. The van der Waals surface area contributed by atoms with Gasteiger partial charge in [-0.05, 0) is 58.4 Å². The third kappa shape index (κ3) is 2.95. The van der Waals surface area contributed by atoms with Gasteiger partial charge < -0.3 is 11.1 Å². The van der Waals surface area contributed by atoms with Crippen LogP contribution in [0.4, 0.5) is 5.69 Å². The molecule has 82 valence electrons. The molecular formula is C12H17BrN2. The fourth-order valence-electron chi connectivity index (χ4n) is 1.77. The molecule has 15 heavy (non-hydrogen) atoms. The van der Waals surface area contributed by atoms with Gasteiger partial charge in [-0.15, -0.1) is 0 Å². The summed E-state index contributed by atoms with van der Waals surface area (Å²) in [6.07, 6.45) is 1.39. The Labute approximate surface area is 99.4 Å². The molecule has 0 bridgehead atoms. The molecule has 1 aliphatic carbocycles. The second kappa shape index (κ2) is 4.54. The van der Waals surface area contributed by atoms with Crippen molar-refractivity contribution in [3.8, 4) is 0 Å². The summed E-state index contributed by atoms with van der Waals surface area (Å²) >= 11 is 3.44. The Balaban J connectivity index is 1.80. The standard InChI is InChI=1S/C12H17BrN2/c1-8-4-10(8)7-15-6-9-2-3-12(14)11(13)5-9/h2-3,5,8,10,15H,4,6-7,14H2,1H3. The lowest BCUT2D eigenvalue weighted by molar-refractivity contribution is 0.612. The molecule has 1 aromatic rings. The first-order valence-corrected chi connectivity index (χ1v) is 6.20. The lowest BCUT2D eigenvalue weighted by Gasteiger charge is -2.06. The van der Waals surface area contributed by atoms with Crippen molar-refractivity contribution in [3.63, 3.8) is 0 Å². The van der Waals surface area contributed by atoms with Crippen LogP contribution >= 0.6 is 15.9 Å². The highest BCUT2D eigenvalue weighted by molar-refractivity contribution is 9.10. The zero-order valence-electron chi connectivity index (χ0n) is 8.96. The maximum atomic E-state index is 5.73. The van der Waals surface area contributed by atoms with E-state index in [4.69, 9.17) is 5.73 Å². The highest BCUT2D eigenvalue weighted by Gasteiger charge is 2.31. The Kier molecular flexibility index (Phi) is 3.32. The second-order valence-corrected chi connectivity index (χ2v) is 5.31. The van der Waals surface area contributed by atoms with E-state index in [9.17, 15) is 0 Å². The molecule has 0 spiro atoms. The third-order valence-electron chi connectivity index (χ3n) is 3.08. The van der Waals surface area contributed by atoms with Gasteiger partial charge in [0.25, 0.3) is 0 Å². The van der Waals surface area contributed by atoms with E-state index in [2.05, 4.69) is 40.3 Å². The predicted molar refractivity (Wildman–Crippen MR) is 67.5 cm³/mol. The minimum atomic E-state index is 0.801. The molecule has 0 amide bonds. The number of nitrogen functional groups attached to an aromatic ring is 1. The topological polar surface area (TPSA) is 38.0 Å². The summed E-state index contributed by atoms with van der Waals surface area (Å²) in [7, 11) is 0. The first kappa shape index (κ1) is 11.0. The Morgan fingerprint density at radius 2 is 2.27 bits per heavy atom. The molecule has 0 heterocycles.